The van der Waals surface area contributed by atoms with Gasteiger partial charge < -0.3 is 44.2 Å². The van der Waals surface area contributed by atoms with E-state index in [1.807, 2.05) is 18.2 Å². The van der Waals surface area contributed by atoms with Crippen LogP contribution in [0.5, 0.6) is 28.9 Å². The highest BCUT2D eigenvalue weighted by Crippen LogP contribution is 2.35. The van der Waals surface area contributed by atoms with Crippen molar-refractivity contribution in [3.8, 4) is 28.9 Å². The van der Waals surface area contributed by atoms with E-state index in [0.717, 1.165) is 5.39 Å². The number of aromatic nitrogens is 2. The zero-order chi connectivity index (χ0) is 28.9. The molecule has 0 saturated heterocycles. The maximum absolute atomic E-state index is 11.3. The number of fused-ring (bicyclic) bond motifs is 1. The van der Waals surface area contributed by atoms with Gasteiger partial charge in [-0.15, -0.1) is 0 Å². The highest BCUT2D eigenvalue weighted by Gasteiger charge is 2.12. The molecule has 41 heavy (non-hydrogen) atoms. The molecule has 0 aliphatic heterocycles. The zero-order valence-electron chi connectivity index (χ0n) is 22.8. The quantitative estimate of drug-likeness (QED) is 0.183. The number of benzene rings is 3. The van der Waals surface area contributed by atoms with Crippen LogP contribution in [0.15, 0.2) is 66.9 Å². The summed E-state index contributed by atoms with van der Waals surface area (Å²) in [5.41, 5.74) is 5.85. The minimum absolute atomic E-state index is 0.302. The van der Waals surface area contributed by atoms with Crippen LogP contribution in [0, 0.1) is 0 Å². The molecule has 3 N–H and O–H groups in total. The fourth-order valence-corrected chi connectivity index (χ4v) is 3.76. The van der Waals surface area contributed by atoms with Crippen LogP contribution in [-0.2, 0) is 14.2 Å². The third-order valence-corrected chi connectivity index (χ3v) is 5.57. The van der Waals surface area contributed by atoms with Crippen molar-refractivity contribution in [3.05, 3.63) is 66.9 Å². The van der Waals surface area contributed by atoms with Crippen molar-refractivity contribution < 1.29 is 38.0 Å². The molecule has 4 aromatic rings. The molecule has 4 rings (SSSR count). The van der Waals surface area contributed by atoms with Crippen LogP contribution < -0.4 is 30.0 Å². The van der Waals surface area contributed by atoms with Crippen molar-refractivity contribution >= 4 is 28.5 Å². The third-order valence-electron chi connectivity index (χ3n) is 5.57. The van der Waals surface area contributed by atoms with Gasteiger partial charge in [-0.05, 0) is 12.1 Å². The Morgan fingerprint density at radius 2 is 1.51 bits per heavy atom. The number of nitrogens with one attached hydrogen (secondary N) is 1. The van der Waals surface area contributed by atoms with Gasteiger partial charge in [0.15, 0.2) is 0 Å². The molecule has 0 unspecified atom stereocenters. The van der Waals surface area contributed by atoms with Gasteiger partial charge in [0.05, 0.1) is 40.1 Å². The van der Waals surface area contributed by atoms with Crippen LogP contribution in [-0.4, -0.2) is 69.9 Å². The summed E-state index contributed by atoms with van der Waals surface area (Å²) in [5.74, 6) is 2.64. The predicted molar refractivity (Wildman–Crippen MR) is 152 cm³/mol. The lowest BCUT2D eigenvalue weighted by atomic mass is 10.1. The Balaban J connectivity index is 1.39. The van der Waals surface area contributed by atoms with E-state index in [4.69, 9.17) is 38.9 Å². The zero-order valence-corrected chi connectivity index (χ0v) is 22.8. The van der Waals surface area contributed by atoms with Crippen LogP contribution in [0.25, 0.3) is 10.8 Å². The van der Waals surface area contributed by atoms with Crippen LogP contribution in [0.4, 0.5) is 16.4 Å². The molecule has 0 aliphatic rings. The normalized spacial score (nSPS) is 10.8. The van der Waals surface area contributed by atoms with Crippen LogP contribution >= 0.6 is 0 Å². The number of amides is 1. The number of anilines is 2. The Morgan fingerprint density at radius 3 is 2.24 bits per heavy atom. The number of ether oxygens (including phenoxy) is 7. The van der Waals surface area contributed by atoms with E-state index in [0.29, 0.717) is 85.5 Å². The average Bonchev–Trinajstić information content (AvgIpc) is 2.97. The molecule has 1 aromatic heterocycles. The monoisotopic (exact) mass is 564 g/mol. The number of nitrogens with zero attached hydrogens (tertiary/aromatic N) is 2. The molecule has 0 saturated carbocycles. The Bertz CT molecular complexity index is 1440. The predicted octanol–water partition coefficient (Wildman–Crippen LogP) is 4.69. The molecule has 3 aromatic carbocycles. The maximum atomic E-state index is 11.3. The van der Waals surface area contributed by atoms with Gasteiger partial charge in [-0.1, -0.05) is 24.3 Å². The Morgan fingerprint density at radius 1 is 0.829 bits per heavy atom. The van der Waals surface area contributed by atoms with Crippen LogP contribution in [0.3, 0.4) is 0 Å². The first-order valence-electron chi connectivity index (χ1n) is 12.8. The van der Waals surface area contributed by atoms with E-state index in [2.05, 4.69) is 15.3 Å². The van der Waals surface area contributed by atoms with Crippen LogP contribution in [0.2, 0.25) is 0 Å². The minimum Gasteiger partial charge on any atom is -0.497 e. The molecule has 0 spiro atoms. The summed E-state index contributed by atoms with van der Waals surface area (Å²) in [6.07, 6.45) is 0.681. The number of nitrogens with two attached hydrogens (primary N) is 1. The minimum atomic E-state index is -0.894. The first-order chi connectivity index (χ1) is 20.1. The number of carbonyl (C=O) groups excluding carboxylic acids is 1. The topological polar surface area (TPSA) is 146 Å². The lowest BCUT2D eigenvalue weighted by Gasteiger charge is -2.13. The van der Waals surface area contributed by atoms with Crippen molar-refractivity contribution in [2.75, 3.05) is 59.2 Å². The second-order valence-electron chi connectivity index (χ2n) is 8.44. The van der Waals surface area contributed by atoms with Gasteiger partial charge in [0.2, 0.25) is 11.8 Å². The molecule has 12 heteroatoms. The largest absolute Gasteiger partial charge is 0.497 e. The summed E-state index contributed by atoms with van der Waals surface area (Å²) in [6.45, 7) is 2.80. The number of hydrogen-bond acceptors (Lipinski definition) is 11. The molecule has 0 bridgehead atoms. The fraction of sp³-hybridized carbons (Fsp3) is 0.276. The lowest BCUT2D eigenvalue weighted by molar-refractivity contribution is 0.0179. The van der Waals surface area contributed by atoms with Gasteiger partial charge in [-0.2, -0.15) is 4.98 Å². The standard InChI is InChI=1S/C29H32N4O8/c1-35-11-12-37-13-14-38-15-16-39-22-18-20(17-21(19-22)36-2)32-29-31-10-9-27(33-29)40-25-7-8-26(41-28(30)34)24-6-4-3-5-23(24)25/h3-10,17-19H,11-16H2,1-2H3,(H2,30,34)(H,31,32,33). The third kappa shape index (κ3) is 8.93. The summed E-state index contributed by atoms with van der Waals surface area (Å²) in [4.78, 5) is 20.1. The summed E-state index contributed by atoms with van der Waals surface area (Å²) < 4.78 is 38.3. The SMILES string of the molecule is COCCOCCOCCOc1cc(Nc2nccc(Oc3ccc(OC(N)=O)c4ccccc34)n2)cc(OC)c1. The molecule has 1 amide bonds. The van der Waals surface area contributed by atoms with Gasteiger partial charge in [-0.3, -0.25) is 0 Å². The number of primary amides is 1. The van der Waals surface area contributed by atoms with Crippen molar-refractivity contribution in [1.29, 1.82) is 0 Å². The molecule has 12 nitrogen and oxygen atoms in total. The Hall–Kier alpha value is -4.65. The number of methoxy groups -OCH3 is 2. The van der Waals surface area contributed by atoms with Gasteiger partial charge in [0.25, 0.3) is 0 Å². The lowest BCUT2D eigenvalue weighted by Crippen LogP contribution is -2.16. The summed E-state index contributed by atoms with van der Waals surface area (Å²) in [6, 6.07) is 17.6. The van der Waals surface area contributed by atoms with Gasteiger partial charge in [-0.25, -0.2) is 9.78 Å². The molecule has 1 heterocycles. The summed E-state index contributed by atoms with van der Waals surface area (Å²) in [7, 11) is 3.20. The molecular weight excluding hydrogens is 532 g/mol. The molecular formula is C29H32N4O8. The highest BCUT2D eigenvalue weighted by molar-refractivity contribution is 5.94. The second kappa shape index (κ2) is 15.2. The fourth-order valence-electron chi connectivity index (χ4n) is 3.76. The maximum Gasteiger partial charge on any atom is 0.409 e. The van der Waals surface area contributed by atoms with Crippen molar-refractivity contribution in [2.24, 2.45) is 5.73 Å². The molecule has 0 fully saturated rings. The van der Waals surface area contributed by atoms with Gasteiger partial charge in [0, 0.05) is 54.0 Å². The van der Waals surface area contributed by atoms with Crippen LogP contribution in [0.1, 0.15) is 0 Å². The first kappa shape index (κ1) is 29.3. The number of rotatable bonds is 16. The van der Waals surface area contributed by atoms with E-state index in [-0.39, 0.29) is 0 Å². The van der Waals surface area contributed by atoms with E-state index in [1.54, 1.807) is 62.9 Å². The average molecular weight is 565 g/mol. The van der Waals surface area contributed by atoms with E-state index >= 15 is 0 Å². The Kier molecular flexibility index (Phi) is 10.9. The van der Waals surface area contributed by atoms with E-state index in [1.165, 1.54) is 0 Å². The second-order valence-corrected chi connectivity index (χ2v) is 8.44. The highest BCUT2D eigenvalue weighted by atomic mass is 16.6. The van der Waals surface area contributed by atoms with E-state index < -0.39 is 6.09 Å². The van der Waals surface area contributed by atoms with Gasteiger partial charge >= 0.3 is 6.09 Å². The molecule has 216 valence electrons. The first-order valence-corrected chi connectivity index (χ1v) is 12.8. The number of hydrogen-bond donors (Lipinski definition) is 2. The molecule has 0 atom stereocenters. The van der Waals surface area contributed by atoms with Crippen molar-refractivity contribution in [3.63, 3.8) is 0 Å². The molecule has 0 aliphatic carbocycles. The van der Waals surface area contributed by atoms with Gasteiger partial charge in [0.1, 0.15) is 29.6 Å². The summed E-state index contributed by atoms with van der Waals surface area (Å²) in [5, 5.41) is 4.54. The number of carbonyl (C=O) groups is 1. The smallest absolute Gasteiger partial charge is 0.409 e. The van der Waals surface area contributed by atoms with Crippen molar-refractivity contribution in [1.82, 2.24) is 9.97 Å². The van der Waals surface area contributed by atoms with Crippen molar-refractivity contribution in [2.45, 2.75) is 0 Å². The van der Waals surface area contributed by atoms with E-state index in [9.17, 15) is 4.79 Å². The molecule has 0 radical (unpaired) electrons. The Labute approximate surface area is 237 Å². The summed E-state index contributed by atoms with van der Waals surface area (Å²) >= 11 is 0.